The number of hydrazine groups is 1. The van der Waals surface area contributed by atoms with Crippen LogP contribution in [0.1, 0.15) is 11.1 Å². The summed E-state index contributed by atoms with van der Waals surface area (Å²) in [5.74, 6) is -0.776. The van der Waals surface area contributed by atoms with Crippen molar-refractivity contribution in [3.05, 3.63) is 74.8 Å². The Hall–Kier alpha value is -2.84. The molecule has 0 unspecified atom stereocenters. The monoisotopic (exact) mass is 405 g/mol. The molecule has 0 spiro atoms. The van der Waals surface area contributed by atoms with E-state index in [4.69, 9.17) is 11.6 Å². The quantitative estimate of drug-likeness (QED) is 0.331. The first-order valence-electron chi connectivity index (χ1n) is 7.75. The maximum absolute atomic E-state index is 11.8. The van der Waals surface area contributed by atoms with Gasteiger partial charge < -0.3 is 0 Å². The fourth-order valence-electron chi connectivity index (χ4n) is 1.94. The first-order chi connectivity index (χ1) is 12.8. The van der Waals surface area contributed by atoms with E-state index < -0.39 is 10.8 Å². The second-order valence-electron chi connectivity index (χ2n) is 5.44. The largest absolute Gasteiger partial charge is 0.288 e. The first-order valence-corrected chi connectivity index (χ1v) is 9.12. The number of nitro benzene ring substituents is 1. The van der Waals surface area contributed by atoms with Gasteiger partial charge in [0.2, 0.25) is 5.91 Å². The lowest BCUT2D eigenvalue weighted by molar-refractivity contribution is -0.384. The van der Waals surface area contributed by atoms with Crippen LogP contribution in [0.25, 0.3) is 6.08 Å². The average molecular weight is 406 g/mol. The summed E-state index contributed by atoms with van der Waals surface area (Å²) in [4.78, 5) is 34.7. The number of nitro groups is 1. The zero-order valence-corrected chi connectivity index (χ0v) is 15.8. The summed E-state index contributed by atoms with van der Waals surface area (Å²) in [6.07, 6.45) is 2.53. The normalized spacial score (nSPS) is 10.6. The number of amides is 2. The SMILES string of the molecule is Cc1ccc(SCC(=O)NNC(=O)/C=C/c2ccc(Cl)c([N+](=O)[O-])c2)cc1. The van der Waals surface area contributed by atoms with Crippen molar-refractivity contribution >= 4 is 46.9 Å². The van der Waals surface area contributed by atoms with Crippen molar-refractivity contribution in [1.29, 1.82) is 0 Å². The predicted octanol–water partition coefficient (Wildman–Crippen LogP) is 3.51. The van der Waals surface area contributed by atoms with Crippen LogP contribution in [-0.2, 0) is 9.59 Å². The lowest BCUT2D eigenvalue weighted by atomic mass is 10.2. The van der Waals surface area contributed by atoms with Crippen LogP contribution in [0.4, 0.5) is 5.69 Å². The van der Waals surface area contributed by atoms with Crippen molar-refractivity contribution in [2.24, 2.45) is 0 Å². The second-order valence-corrected chi connectivity index (χ2v) is 6.90. The zero-order chi connectivity index (χ0) is 19.8. The molecule has 2 aromatic rings. The van der Waals surface area contributed by atoms with E-state index in [9.17, 15) is 19.7 Å². The molecule has 140 valence electrons. The van der Waals surface area contributed by atoms with E-state index in [0.29, 0.717) is 5.56 Å². The van der Waals surface area contributed by atoms with Crippen molar-refractivity contribution in [3.63, 3.8) is 0 Å². The Bertz CT molecular complexity index is 885. The van der Waals surface area contributed by atoms with Crippen LogP contribution in [0.5, 0.6) is 0 Å². The molecule has 0 aromatic heterocycles. The maximum Gasteiger partial charge on any atom is 0.288 e. The first kappa shape index (κ1) is 20.5. The smallest absolute Gasteiger partial charge is 0.272 e. The summed E-state index contributed by atoms with van der Waals surface area (Å²) in [7, 11) is 0. The summed E-state index contributed by atoms with van der Waals surface area (Å²) in [5.41, 5.74) is 5.86. The van der Waals surface area contributed by atoms with Crippen molar-refractivity contribution < 1.29 is 14.5 Å². The molecule has 9 heteroatoms. The molecule has 2 aromatic carbocycles. The summed E-state index contributed by atoms with van der Waals surface area (Å²) < 4.78 is 0. The molecule has 0 bridgehead atoms. The summed E-state index contributed by atoms with van der Waals surface area (Å²) in [6, 6.07) is 11.9. The molecule has 0 saturated carbocycles. The highest BCUT2D eigenvalue weighted by molar-refractivity contribution is 8.00. The summed E-state index contributed by atoms with van der Waals surface area (Å²) in [6.45, 7) is 1.98. The molecule has 0 atom stereocenters. The highest BCUT2D eigenvalue weighted by Gasteiger charge is 2.11. The van der Waals surface area contributed by atoms with Crippen molar-refractivity contribution in [1.82, 2.24) is 10.9 Å². The minimum absolute atomic E-state index is 0.0138. The third kappa shape index (κ3) is 6.76. The van der Waals surface area contributed by atoms with E-state index in [2.05, 4.69) is 10.9 Å². The number of benzene rings is 2. The minimum Gasteiger partial charge on any atom is -0.272 e. The molecular formula is C18H16ClN3O4S. The molecule has 0 aliphatic carbocycles. The number of hydrogen-bond donors (Lipinski definition) is 2. The van der Waals surface area contributed by atoms with Gasteiger partial charge >= 0.3 is 0 Å². The number of carbonyl (C=O) groups is 2. The van der Waals surface area contributed by atoms with Crippen LogP contribution in [0.3, 0.4) is 0 Å². The standard InChI is InChI=1S/C18H16ClN3O4S/c1-12-2-6-14(7-3-12)27-11-18(24)21-20-17(23)9-5-13-4-8-15(19)16(10-13)22(25)26/h2-10H,11H2,1H3,(H,20,23)(H,21,24)/b9-5+. The third-order valence-corrected chi connectivity index (χ3v) is 4.64. The van der Waals surface area contributed by atoms with Crippen molar-refractivity contribution in [2.75, 3.05) is 5.75 Å². The Morgan fingerprint density at radius 2 is 1.89 bits per heavy atom. The van der Waals surface area contributed by atoms with Gasteiger partial charge in [0.15, 0.2) is 0 Å². The van der Waals surface area contributed by atoms with Gasteiger partial charge in [-0.25, -0.2) is 0 Å². The fraction of sp³-hybridized carbons (Fsp3) is 0.111. The van der Waals surface area contributed by atoms with Crippen LogP contribution < -0.4 is 10.9 Å². The van der Waals surface area contributed by atoms with E-state index in [1.807, 2.05) is 31.2 Å². The van der Waals surface area contributed by atoms with E-state index in [0.717, 1.165) is 16.5 Å². The molecule has 2 rings (SSSR count). The Labute approximate surface area is 164 Å². The van der Waals surface area contributed by atoms with Gasteiger partial charge in [-0.2, -0.15) is 0 Å². The van der Waals surface area contributed by atoms with Gasteiger partial charge in [0, 0.05) is 17.0 Å². The molecule has 0 aliphatic heterocycles. The van der Waals surface area contributed by atoms with E-state index in [1.165, 1.54) is 36.0 Å². The molecule has 2 amide bonds. The van der Waals surface area contributed by atoms with E-state index in [1.54, 1.807) is 0 Å². The molecule has 0 heterocycles. The zero-order valence-electron chi connectivity index (χ0n) is 14.3. The van der Waals surface area contributed by atoms with Gasteiger partial charge in [0.25, 0.3) is 11.6 Å². The van der Waals surface area contributed by atoms with Crippen LogP contribution in [-0.4, -0.2) is 22.5 Å². The maximum atomic E-state index is 11.8. The Kier molecular flexibility index (Phi) is 7.39. The number of rotatable bonds is 6. The molecule has 2 N–H and O–H groups in total. The van der Waals surface area contributed by atoms with Gasteiger partial charge in [-0.15, -0.1) is 11.8 Å². The van der Waals surface area contributed by atoms with E-state index >= 15 is 0 Å². The highest BCUT2D eigenvalue weighted by Crippen LogP contribution is 2.25. The van der Waals surface area contributed by atoms with Crippen molar-refractivity contribution in [2.45, 2.75) is 11.8 Å². The molecular weight excluding hydrogens is 390 g/mol. The molecule has 0 saturated heterocycles. The minimum atomic E-state index is -0.605. The van der Waals surface area contributed by atoms with Crippen LogP contribution >= 0.6 is 23.4 Å². The Morgan fingerprint density at radius 3 is 2.56 bits per heavy atom. The van der Waals surface area contributed by atoms with Gasteiger partial charge in [-0.3, -0.25) is 30.6 Å². The predicted molar refractivity (Wildman–Crippen MR) is 105 cm³/mol. The number of nitrogens with zero attached hydrogens (tertiary/aromatic N) is 1. The summed E-state index contributed by atoms with van der Waals surface area (Å²) in [5, 5.41) is 10.9. The van der Waals surface area contributed by atoms with Crippen LogP contribution in [0.2, 0.25) is 5.02 Å². The Balaban J connectivity index is 1.80. The molecule has 7 nitrogen and oxygen atoms in total. The number of nitrogens with one attached hydrogen (secondary N) is 2. The number of aryl methyl sites for hydroxylation is 1. The van der Waals surface area contributed by atoms with Crippen LogP contribution in [0, 0.1) is 17.0 Å². The number of carbonyl (C=O) groups excluding carboxylic acids is 2. The molecule has 0 aliphatic rings. The average Bonchev–Trinajstić information content (AvgIpc) is 2.65. The summed E-state index contributed by atoms with van der Waals surface area (Å²) >= 11 is 7.07. The lowest BCUT2D eigenvalue weighted by Crippen LogP contribution is -2.41. The molecule has 27 heavy (non-hydrogen) atoms. The highest BCUT2D eigenvalue weighted by atomic mass is 35.5. The van der Waals surface area contributed by atoms with Gasteiger partial charge in [-0.05, 0) is 36.8 Å². The number of hydrogen-bond acceptors (Lipinski definition) is 5. The number of thioether (sulfide) groups is 1. The van der Waals surface area contributed by atoms with Gasteiger partial charge in [-0.1, -0.05) is 35.4 Å². The van der Waals surface area contributed by atoms with Gasteiger partial charge in [0.05, 0.1) is 10.7 Å². The fourth-order valence-corrected chi connectivity index (χ4v) is 2.82. The van der Waals surface area contributed by atoms with Crippen LogP contribution in [0.15, 0.2) is 53.4 Å². The third-order valence-electron chi connectivity index (χ3n) is 3.31. The molecule has 0 radical (unpaired) electrons. The van der Waals surface area contributed by atoms with E-state index in [-0.39, 0.29) is 22.4 Å². The van der Waals surface area contributed by atoms with Gasteiger partial charge in [0.1, 0.15) is 5.02 Å². The number of halogens is 1. The second kappa shape index (κ2) is 9.75. The Morgan fingerprint density at radius 1 is 1.19 bits per heavy atom. The lowest BCUT2D eigenvalue weighted by Gasteiger charge is -2.05. The topological polar surface area (TPSA) is 101 Å². The molecule has 0 fully saturated rings. The van der Waals surface area contributed by atoms with Crippen molar-refractivity contribution in [3.8, 4) is 0 Å².